The molecule has 0 bridgehead atoms. The standard InChI is InChI=1S/C10H15N3OS/c1-10(2,3)9-8-7(12-6-13-9)4-5-15(8,11)14/h6,11H,4-5H2,1-3H3/t15-/m0/s1. The Bertz CT molecular complexity index is 500. The van der Waals surface area contributed by atoms with Gasteiger partial charge < -0.3 is 0 Å². The van der Waals surface area contributed by atoms with E-state index in [2.05, 4.69) is 9.97 Å². The van der Waals surface area contributed by atoms with E-state index in [9.17, 15) is 4.21 Å². The summed E-state index contributed by atoms with van der Waals surface area (Å²) in [5.74, 6) is 0.393. The first-order valence-corrected chi connectivity index (χ1v) is 6.66. The molecule has 0 amide bonds. The molecule has 1 aromatic heterocycles. The molecular weight excluding hydrogens is 210 g/mol. The van der Waals surface area contributed by atoms with E-state index in [4.69, 9.17) is 4.78 Å². The molecule has 0 aliphatic carbocycles. The van der Waals surface area contributed by atoms with Crippen LogP contribution in [0.5, 0.6) is 0 Å². The molecule has 1 aromatic rings. The second kappa shape index (κ2) is 3.01. The highest BCUT2D eigenvalue weighted by atomic mass is 32.2. The summed E-state index contributed by atoms with van der Waals surface area (Å²) >= 11 is 0. The smallest absolute Gasteiger partial charge is 0.116 e. The molecule has 0 saturated heterocycles. The van der Waals surface area contributed by atoms with Crippen LogP contribution in [0.3, 0.4) is 0 Å². The number of aryl methyl sites for hydroxylation is 1. The van der Waals surface area contributed by atoms with Crippen molar-refractivity contribution < 1.29 is 4.21 Å². The van der Waals surface area contributed by atoms with E-state index in [0.717, 1.165) is 11.4 Å². The van der Waals surface area contributed by atoms with Crippen LogP contribution < -0.4 is 0 Å². The van der Waals surface area contributed by atoms with E-state index < -0.39 is 9.73 Å². The summed E-state index contributed by atoms with van der Waals surface area (Å²) in [5, 5.41) is 0. The minimum absolute atomic E-state index is 0.179. The molecule has 4 nitrogen and oxygen atoms in total. The molecule has 5 heteroatoms. The highest BCUT2D eigenvalue weighted by Crippen LogP contribution is 2.33. The van der Waals surface area contributed by atoms with Crippen LogP contribution in [-0.2, 0) is 21.6 Å². The summed E-state index contributed by atoms with van der Waals surface area (Å²) in [6.07, 6.45) is 2.16. The van der Waals surface area contributed by atoms with Crippen LogP contribution in [0, 0.1) is 4.78 Å². The number of nitrogens with zero attached hydrogens (tertiary/aromatic N) is 2. The van der Waals surface area contributed by atoms with Gasteiger partial charge in [-0.25, -0.2) is 19.0 Å². The molecule has 82 valence electrons. The fourth-order valence-corrected chi connectivity index (χ4v) is 3.70. The lowest BCUT2D eigenvalue weighted by Crippen LogP contribution is -2.18. The van der Waals surface area contributed by atoms with Crippen molar-refractivity contribution in [3.05, 3.63) is 17.7 Å². The average molecular weight is 225 g/mol. The number of fused-ring (bicyclic) bond motifs is 1. The van der Waals surface area contributed by atoms with Crippen LogP contribution in [0.15, 0.2) is 11.2 Å². The topological polar surface area (TPSA) is 66.7 Å². The van der Waals surface area contributed by atoms with E-state index >= 15 is 0 Å². The van der Waals surface area contributed by atoms with Gasteiger partial charge in [0.15, 0.2) is 0 Å². The quantitative estimate of drug-likeness (QED) is 0.731. The third kappa shape index (κ3) is 1.65. The van der Waals surface area contributed by atoms with Gasteiger partial charge in [-0.2, -0.15) is 0 Å². The minimum atomic E-state index is -2.64. The van der Waals surface area contributed by atoms with Crippen LogP contribution in [0.2, 0.25) is 0 Å². The zero-order valence-corrected chi connectivity index (χ0v) is 10.0. The Labute approximate surface area is 90.1 Å². The molecule has 0 saturated carbocycles. The minimum Gasteiger partial charge on any atom is -0.249 e. The lowest BCUT2D eigenvalue weighted by molar-refractivity contribution is 0.547. The Morgan fingerprint density at radius 2 is 2.07 bits per heavy atom. The van der Waals surface area contributed by atoms with Gasteiger partial charge in [0, 0.05) is 17.6 Å². The molecule has 1 N–H and O–H groups in total. The Morgan fingerprint density at radius 3 is 2.67 bits per heavy atom. The zero-order valence-electron chi connectivity index (χ0n) is 9.20. The molecule has 1 aliphatic heterocycles. The van der Waals surface area contributed by atoms with Gasteiger partial charge in [-0.05, 0) is 0 Å². The summed E-state index contributed by atoms with van der Waals surface area (Å²) in [5.41, 5.74) is 1.39. The van der Waals surface area contributed by atoms with Gasteiger partial charge in [-0.15, -0.1) is 0 Å². The van der Waals surface area contributed by atoms with Crippen molar-refractivity contribution in [3.63, 3.8) is 0 Å². The second-order valence-corrected chi connectivity index (χ2v) is 7.04. The Hall–Kier alpha value is -0.970. The van der Waals surface area contributed by atoms with Gasteiger partial charge in [-0.1, -0.05) is 20.8 Å². The highest BCUT2D eigenvalue weighted by Gasteiger charge is 2.32. The number of aromatic nitrogens is 2. The van der Waals surface area contributed by atoms with E-state index in [1.807, 2.05) is 20.8 Å². The van der Waals surface area contributed by atoms with Crippen molar-refractivity contribution in [2.45, 2.75) is 37.5 Å². The molecule has 0 radical (unpaired) electrons. The first kappa shape index (κ1) is 10.5. The summed E-state index contributed by atoms with van der Waals surface area (Å²) in [4.78, 5) is 8.92. The van der Waals surface area contributed by atoms with Crippen LogP contribution in [0.1, 0.15) is 32.2 Å². The molecule has 0 spiro atoms. The van der Waals surface area contributed by atoms with E-state index in [1.165, 1.54) is 6.33 Å². The first-order chi connectivity index (χ1) is 6.82. The van der Waals surface area contributed by atoms with Crippen molar-refractivity contribution in [3.8, 4) is 0 Å². The van der Waals surface area contributed by atoms with Crippen LogP contribution >= 0.6 is 0 Å². The van der Waals surface area contributed by atoms with Crippen LogP contribution in [0.25, 0.3) is 0 Å². The normalized spacial score (nSPS) is 25.3. The predicted octanol–water partition coefficient (Wildman–Crippen LogP) is 1.74. The van der Waals surface area contributed by atoms with Crippen molar-refractivity contribution in [2.75, 3.05) is 5.75 Å². The van der Waals surface area contributed by atoms with Gasteiger partial charge in [0.2, 0.25) is 0 Å². The fourth-order valence-electron chi connectivity index (χ4n) is 1.81. The second-order valence-electron chi connectivity index (χ2n) is 4.88. The highest BCUT2D eigenvalue weighted by molar-refractivity contribution is 7.92. The Kier molecular flexibility index (Phi) is 2.12. The molecule has 2 heterocycles. The molecule has 0 fully saturated rings. The van der Waals surface area contributed by atoms with Gasteiger partial charge in [0.05, 0.1) is 26.0 Å². The maximum absolute atomic E-state index is 12.1. The summed E-state index contributed by atoms with van der Waals surface area (Å²) in [7, 11) is -2.64. The molecule has 1 aliphatic rings. The Balaban J connectivity index is 2.76. The predicted molar refractivity (Wildman–Crippen MR) is 58.4 cm³/mol. The van der Waals surface area contributed by atoms with Gasteiger partial charge in [0.1, 0.15) is 6.33 Å². The number of hydrogen-bond donors (Lipinski definition) is 1. The van der Waals surface area contributed by atoms with E-state index in [-0.39, 0.29) is 5.41 Å². The van der Waals surface area contributed by atoms with E-state index in [0.29, 0.717) is 17.1 Å². The molecule has 2 rings (SSSR count). The lowest BCUT2D eigenvalue weighted by Gasteiger charge is -2.20. The van der Waals surface area contributed by atoms with Crippen molar-refractivity contribution in [2.24, 2.45) is 0 Å². The van der Waals surface area contributed by atoms with E-state index in [1.54, 1.807) is 0 Å². The van der Waals surface area contributed by atoms with Crippen LogP contribution in [-0.4, -0.2) is 19.9 Å². The van der Waals surface area contributed by atoms with Crippen LogP contribution in [0.4, 0.5) is 0 Å². The number of rotatable bonds is 0. The van der Waals surface area contributed by atoms with Crippen molar-refractivity contribution in [1.29, 1.82) is 4.78 Å². The summed E-state index contributed by atoms with van der Waals surface area (Å²) < 4.78 is 19.9. The maximum Gasteiger partial charge on any atom is 0.116 e. The summed E-state index contributed by atoms with van der Waals surface area (Å²) in [6.45, 7) is 6.05. The van der Waals surface area contributed by atoms with Crippen molar-refractivity contribution in [1.82, 2.24) is 9.97 Å². The van der Waals surface area contributed by atoms with Gasteiger partial charge >= 0.3 is 0 Å². The third-order valence-electron chi connectivity index (χ3n) is 2.54. The average Bonchev–Trinajstić information content (AvgIpc) is 2.41. The molecular formula is C10H15N3OS. The number of hydrogen-bond acceptors (Lipinski definition) is 4. The van der Waals surface area contributed by atoms with Gasteiger partial charge in [0.25, 0.3) is 0 Å². The maximum atomic E-state index is 12.1. The SMILES string of the molecule is CC(C)(C)c1ncnc2c1[S@@](=N)(=O)CC2. The fraction of sp³-hybridized carbons (Fsp3) is 0.600. The first-order valence-electron chi connectivity index (χ1n) is 4.93. The van der Waals surface area contributed by atoms with Gasteiger partial charge in [-0.3, -0.25) is 0 Å². The molecule has 0 unspecified atom stereocenters. The third-order valence-corrected chi connectivity index (χ3v) is 4.41. The summed E-state index contributed by atoms with van der Waals surface area (Å²) in [6, 6.07) is 0. The monoisotopic (exact) mass is 225 g/mol. The largest absolute Gasteiger partial charge is 0.249 e. The number of nitrogens with one attached hydrogen (secondary N) is 1. The molecule has 1 atom stereocenters. The zero-order chi connectivity index (χ0) is 11.3. The molecule has 15 heavy (non-hydrogen) atoms. The van der Waals surface area contributed by atoms with Crippen molar-refractivity contribution >= 4 is 9.73 Å². The lowest BCUT2D eigenvalue weighted by atomic mass is 9.91. The Morgan fingerprint density at radius 1 is 1.40 bits per heavy atom. The molecule has 0 aromatic carbocycles.